The van der Waals surface area contributed by atoms with E-state index in [0.29, 0.717) is 6.04 Å². The second kappa shape index (κ2) is 6.87. The van der Waals surface area contributed by atoms with Gasteiger partial charge in [0.2, 0.25) is 0 Å². The summed E-state index contributed by atoms with van der Waals surface area (Å²) in [5.41, 5.74) is 2.06. The summed E-state index contributed by atoms with van der Waals surface area (Å²) in [6.45, 7) is 1.22. The number of benzene rings is 1. The van der Waals surface area contributed by atoms with E-state index in [4.69, 9.17) is 9.97 Å². The minimum atomic E-state index is 0.224. The summed E-state index contributed by atoms with van der Waals surface area (Å²) in [4.78, 5) is 12.1. The van der Waals surface area contributed by atoms with E-state index in [1.54, 1.807) is 11.3 Å². The third kappa shape index (κ3) is 2.89. The van der Waals surface area contributed by atoms with Crippen LogP contribution in [-0.2, 0) is 0 Å². The van der Waals surface area contributed by atoms with E-state index in [2.05, 4.69) is 33.9 Å². The Morgan fingerprint density at radius 2 is 2.08 bits per heavy atom. The van der Waals surface area contributed by atoms with Gasteiger partial charge in [0, 0.05) is 35.5 Å². The number of nitrogens with zero attached hydrogens (tertiary/aromatic N) is 3. The molecule has 4 rings (SSSR count). The molecule has 3 heterocycles. The lowest BCUT2D eigenvalue weighted by atomic mass is 9.99. The highest BCUT2D eigenvalue weighted by molar-refractivity contribution is 7.08. The molecule has 1 atom stereocenters. The van der Waals surface area contributed by atoms with E-state index in [1.165, 1.54) is 12.8 Å². The molecule has 1 fully saturated rings. The van der Waals surface area contributed by atoms with Gasteiger partial charge in [-0.3, -0.25) is 0 Å². The van der Waals surface area contributed by atoms with Gasteiger partial charge in [-0.1, -0.05) is 12.1 Å². The molecule has 0 aliphatic carbocycles. The maximum Gasteiger partial charge on any atom is 0.162 e. The second-order valence-electron chi connectivity index (χ2n) is 6.26. The number of aliphatic hydroxyl groups excluding tert-OH is 1. The first-order valence-electron chi connectivity index (χ1n) is 8.53. The molecule has 1 N–H and O–H groups in total. The normalized spacial score (nSPS) is 18.2. The van der Waals surface area contributed by atoms with Crippen LogP contribution in [0.1, 0.15) is 25.7 Å². The molecule has 0 saturated carbocycles. The van der Waals surface area contributed by atoms with Crippen molar-refractivity contribution >= 4 is 28.1 Å². The summed E-state index contributed by atoms with van der Waals surface area (Å²) in [5, 5.41) is 14.7. The smallest absolute Gasteiger partial charge is 0.162 e. The molecule has 124 valence electrons. The quantitative estimate of drug-likeness (QED) is 0.777. The molecular formula is C19H21N3OS. The van der Waals surface area contributed by atoms with Gasteiger partial charge in [0.25, 0.3) is 0 Å². The third-order valence-corrected chi connectivity index (χ3v) is 5.41. The van der Waals surface area contributed by atoms with Crippen molar-refractivity contribution in [2.75, 3.05) is 18.1 Å². The van der Waals surface area contributed by atoms with Gasteiger partial charge in [0.1, 0.15) is 5.82 Å². The highest BCUT2D eigenvalue weighted by Gasteiger charge is 2.25. The summed E-state index contributed by atoms with van der Waals surface area (Å²) in [6.07, 6.45) is 4.31. The molecule has 4 nitrogen and oxygen atoms in total. The molecule has 1 aromatic carbocycles. The van der Waals surface area contributed by atoms with Crippen molar-refractivity contribution in [3.8, 4) is 11.4 Å². The number of thiophene rings is 1. The van der Waals surface area contributed by atoms with E-state index >= 15 is 0 Å². The first-order chi connectivity index (χ1) is 11.9. The number of hydrogen-bond donors (Lipinski definition) is 1. The fraction of sp³-hybridized carbons (Fsp3) is 0.368. The Bertz CT molecular complexity index is 817. The Morgan fingerprint density at radius 3 is 2.92 bits per heavy atom. The number of para-hydroxylation sites is 1. The van der Waals surface area contributed by atoms with Crippen LogP contribution in [0.25, 0.3) is 22.3 Å². The van der Waals surface area contributed by atoms with E-state index in [-0.39, 0.29) is 6.61 Å². The van der Waals surface area contributed by atoms with E-state index < -0.39 is 0 Å². The SMILES string of the molecule is OCCC1CCCCN1c1nc(-c2ccsc2)nc2ccccc12. The molecule has 0 amide bonds. The highest BCUT2D eigenvalue weighted by Crippen LogP contribution is 2.32. The average molecular weight is 339 g/mol. The first-order valence-corrected chi connectivity index (χ1v) is 9.48. The Labute approximate surface area is 145 Å². The van der Waals surface area contributed by atoms with Gasteiger partial charge in [-0.15, -0.1) is 0 Å². The molecular weight excluding hydrogens is 318 g/mol. The van der Waals surface area contributed by atoms with Crippen LogP contribution in [0, 0.1) is 0 Å². The van der Waals surface area contributed by atoms with Crippen molar-refractivity contribution in [1.82, 2.24) is 9.97 Å². The van der Waals surface area contributed by atoms with E-state index in [0.717, 1.165) is 47.5 Å². The summed E-state index contributed by atoms with van der Waals surface area (Å²) >= 11 is 1.66. The number of anilines is 1. The molecule has 1 unspecified atom stereocenters. The van der Waals surface area contributed by atoms with Crippen molar-refractivity contribution in [3.63, 3.8) is 0 Å². The van der Waals surface area contributed by atoms with Gasteiger partial charge in [0.15, 0.2) is 5.82 Å². The summed E-state index contributed by atoms with van der Waals surface area (Å²) in [7, 11) is 0. The number of rotatable bonds is 4. The molecule has 3 aromatic rings. The highest BCUT2D eigenvalue weighted by atomic mass is 32.1. The number of fused-ring (bicyclic) bond motifs is 1. The zero-order chi connectivity index (χ0) is 16.4. The van der Waals surface area contributed by atoms with Crippen molar-refractivity contribution in [1.29, 1.82) is 0 Å². The van der Waals surface area contributed by atoms with Crippen LogP contribution in [0.15, 0.2) is 41.1 Å². The molecule has 1 aliphatic heterocycles. The van der Waals surface area contributed by atoms with Crippen LogP contribution in [0.5, 0.6) is 0 Å². The number of aromatic nitrogens is 2. The number of hydrogen-bond acceptors (Lipinski definition) is 5. The fourth-order valence-electron chi connectivity index (χ4n) is 3.53. The maximum absolute atomic E-state index is 9.44. The maximum atomic E-state index is 9.44. The van der Waals surface area contributed by atoms with Crippen LogP contribution in [0.4, 0.5) is 5.82 Å². The molecule has 1 saturated heterocycles. The third-order valence-electron chi connectivity index (χ3n) is 4.72. The minimum Gasteiger partial charge on any atom is -0.396 e. The van der Waals surface area contributed by atoms with Gasteiger partial charge in [-0.25, -0.2) is 9.97 Å². The van der Waals surface area contributed by atoms with Crippen molar-refractivity contribution < 1.29 is 5.11 Å². The molecule has 0 spiro atoms. The Hall–Kier alpha value is -1.98. The van der Waals surface area contributed by atoms with Crippen LogP contribution in [-0.4, -0.2) is 34.3 Å². The van der Waals surface area contributed by atoms with Crippen LogP contribution < -0.4 is 4.90 Å². The van der Waals surface area contributed by atoms with Crippen LogP contribution in [0.2, 0.25) is 0 Å². The Morgan fingerprint density at radius 1 is 1.17 bits per heavy atom. The van der Waals surface area contributed by atoms with Crippen LogP contribution >= 0.6 is 11.3 Å². The molecule has 0 radical (unpaired) electrons. The number of piperidine rings is 1. The Kier molecular flexibility index (Phi) is 4.45. The van der Waals surface area contributed by atoms with Gasteiger partial charge < -0.3 is 10.0 Å². The van der Waals surface area contributed by atoms with Crippen molar-refractivity contribution in [3.05, 3.63) is 41.1 Å². The molecule has 2 aromatic heterocycles. The van der Waals surface area contributed by atoms with Gasteiger partial charge >= 0.3 is 0 Å². The predicted octanol–water partition coefficient (Wildman–Crippen LogP) is 4.10. The van der Waals surface area contributed by atoms with Crippen molar-refractivity contribution in [2.24, 2.45) is 0 Å². The topological polar surface area (TPSA) is 49.2 Å². The van der Waals surface area contributed by atoms with E-state index in [1.807, 2.05) is 12.1 Å². The lowest BCUT2D eigenvalue weighted by Crippen LogP contribution is -2.40. The first kappa shape index (κ1) is 15.5. The Balaban J connectivity index is 1.86. The molecule has 0 bridgehead atoms. The molecule has 1 aliphatic rings. The van der Waals surface area contributed by atoms with Gasteiger partial charge in [-0.2, -0.15) is 11.3 Å². The predicted molar refractivity (Wildman–Crippen MR) is 99.5 cm³/mol. The standard InChI is InChI=1S/C19H21N3OS/c23-11-8-15-5-3-4-10-22(15)19-16-6-1-2-7-17(16)20-18(21-19)14-9-12-24-13-14/h1-2,6-7,9,12-13,15,23H,3-5,8,10-11H2. The fourth-order valence-corrected chi connectivity index (χ4v) is 4.16. The second-order valence-corrected chi connectivity index (χ2v) is 7.04. The monoisotopic (exact) mass is 339 g/mol. The summed E-state index contributed by atoms with van der Waals surface area (Å²) < 4.78 is 0. The molecule has 24 heavy (non-hydrogen) atoms. The number of aliphatic hydroxyl groups is 1. The molecule has 5 heteroatoms. The largest absolute Gasteiger partial charge is 0.396 e. The summed E-state index contributed by atoms with van der Waals surface area (Å²) in [5.74, 6) is 1.80. The van der Waals surface area contributed by atoms with Crippen molar-refractivity contribution in [2.45, 2.75) is 31.7 Å². The van der Waals surface area contributed by atoms with Gasteiger partial charge in [0.05, 0.1) is 5.52 Å². The zero-order valence-corrected chi connectivity index (χ0v) is 14.4. The lowest BCUT2D eigenvalue weighted by Gasteiger charge is -2.37. The van der Waals surface area contributed by atoms with E-state index in [9.17, 15) is 5.11 Å². The minimum absolute atomic E-state index is 0.224. The zero-order valence-electron chi connectivity index (χ0n) is 13.6. The summed E-state index contributed by atoms with van der Waals surface area (Å²) in [6, 6.07) is 10.7. The van der Waals surface area contributed by atoms with Gasteiger partial charge in [-0.05, 0) is 49.3 Å². The average Bonchev–Trinajstić information content (AvgIpc) is 3.16. The lowest BCUT2D eigenvalue weighted by molar-refractivity contribution is 0.262. The van der Waals surface area contributed by atoms with Crippen LogP contribution in [0.3, 0.4) is 0 Å².